The molecule has 2 aliphatic heterocycles. The first-order valence-corrected chi connectivity index (χ1v) is 13.7. The standard InChI is InChI=1S/C31H31FN6O3/c32-26-4-1-3-24(19-26)29(39)35-27-20-25(31(41)38-15-11-34-12-16-38)9-10-28(27)36-13-2-14-37(18-17-36)30(40)23-7-5-22(21-33)6-8-23/h1,3-10,19-20,34H,2,11-18H2,(H,35,39). The lowest BCUT2D eigenvalue weighted by Crippen LogP contribution is -2.46. The topological polar surface area (TPSA) is 109 Å². The van der Waals surface area contributed by atoms with Crippen LogP contribution in [0.3, 0.4) is 0 Å². The van der Waals surface area contributed by atoms with E-state index < -0.39 is 11.7 Å². The van der Waals surface area contributed by atoms with E-state index in [1.807, 2.05) is 6.07 Å². The van der Waals surface area contributed by atoms with Gasteiger partial charge in [-0.2, -0.15) is 5.26 Å². The average Bonchev–Trinajstić information content (AvgIpc) is 3.27. The van der Waals surface area contributed by atoms with Gasteiger partial charge in [-0.05, 0) is 67.1 Å². The second-order valence-corrected chi connectivity index (χ2v) is 10.1. The van der Waals surface area contributed by atoms with E-state index in [0.717, 1.165) is 18.8 Å². The first-order chi connectivity index (χ1) is 19.9. The summed E-state index contributed by atoms with van der Waals surface area (Å²) in [6.45, 7) is 4.79. The average molecular weight is 555 g/mol. The molecule has 3 amide bonds. The van der Waals surface area contributed by atoms with Crippen LogP contribution in [0, 0.1) is 17.1 Å². The Labute approximate surface area is 238 Å². The number of carbonyl (C=O) groups excluding carboxylic acids is 3. The SMILES string of the molecule is N#Cc1ccc(C(=O)N2CCCN(c3ccc(C(=O)N4CCNCC4)cc3NC(=O)c3cccc(F)c3)CC2)cc1. The van der Waals surface area contributed by atoms with Gasteiger partial charge in [0.15, 0.2) is 0 Å². The van der Waals surface area contributed by atoms with E-state index in [4.69, 9.17) is 5.26 Å². The minimum absolute atomic E-state index is 0.104. The van der Waals surface area contributed by atoms with Gasteiger partial charge in [-0.3, -0.25) is 14.4 Å². The van der Waals surface area contributed by atoms with Crippen LogP contribution in [0.5, 0.6) is 0 Å². The van der Waals surface area contributed by atoms with Crippen LogP contribution < -0.4 is 15.5 Å². The Hall–Kier alpha value is -4.75. The molecular weight excluding hydrogens is 523 g/mol. The van der Waals surface area contributed by atoms with Crippen molar-refractivity contribution in [1.29, 1.82) is 5.26 Å². The molecule has 5 rings (SSSR count). The lowest BCUT2D eigenvalue weighted by molar-refractivity contribution is 0.0734. The molecule has 41 heavy (non-hydrogen) atoms. The Morgan fingerprint density at radius 2 is 1.49 bits per heavy atom. The van der Waals surface area contributed by atoms with Gasteiger partial charge >= 0.3 is 0 Å². The Bertz CT molecular complexity index is 1480. The second kappa shape index (κ2) is 12.6. The van der Waals surface area contributed by atoms with Gasteiger partial charge in [-0.25, -0.2) is 4.39 Å². The fourth-order valence-electron chi connectivity index (χ4n) is 5.15. The molecule has 9 nitrogen and oxygen atoms in total. The Morgan fingerprint density at radius 3 is 2.22 bits per heavy atom. The first kappa shape index (κ1) is 27.8. The zero-order valence-corrected chi connectivity index (χ0v) is 22.6. The lowest BCUT2D eigenvalue weighted by Gasteiger charge is -2.29. The number of carbonyl (C=O) groups is 3. The zero-order valence-electron chi connectivity index (χ0n) is 22.6. The van der Waals surface area contributed by atoms with Crippen molar-refractivity contribution < 1.29 is 18.8 Å². The quantitative estimate of drug-likeness (QED) is 0.501. The van der Waals surface area contributed by atoms with Gasteiger partial charge < -0.3 is 25.3 Å². The number of nitrogens with zero attached hydrogens (tertiary/aromatic N) is 4. The highest BCUT2D eigenvalue weighted by molar-refractivity contribution is 6.07. The van der Waals surface area contributed by atoms with E-state index in [0.29, 0.717) is 68.1 Å². The molecular formula is C31H31FN6O3. The number of anilines is 2. The van der Waals surface area contributed by atoms with Crippen LogP contribution in [0.25, 0.3) is 0 Å². The van der Waals surface area contributed by atoms with Crippen LogP contribution in [-0.4, -0.2) is 79.9 Å². The van der Waals surface area contributed by atoms with Gasteiger partial charge in [-0.15, -0.1) is 0 Å². The number of amides is 3. The van der Waals surface area contributed by atoms with Crippen LogP contribution in [0.4, 0.5) is 15.8 Å². The van der Waals surface area contributed by atoms with Crippen molar-refractivity contribution in [2.24, 2.45) is 0 Å². The van der Waals surface area contributed by atoms with E-state index in [2.05, 4.69) is 21.6 Å². The maximum absolute atomic E-state index is 13.8. The molecule has 0 spiro atoms. The maximum atomic E-state index is 13.8. The number of piperazine rings is 1. The molecule has 3 aromatic carbocycles. The summed E-state index contributed by atoms with van der Waals surface area (Å²) in [6, 6.07) is 19.4. The lowest BCUT2D eigenvalue weighted by atomic mass is 10.1. The van der Waals surface area contributed by atoms with Crippen molar-refractivity contribution in [3.8, 4) is 6.07 Å². The van der Waals surface area contributed by atoms with Crippen molar-refractivity contribution in [1.82, 2.24) is 15.1 Å². The second-order valence-electron chi connectivity index (χ2n) is 10.1. The van der Waals surface area contributed by atoms with E-state index in [9.17, 15) is 18.8 Å². The van der Waals surface area contributed by atoms with E-state index >= 15 is 0 Å². The van der Waals surface area contributed by atoms with Crippen molar-refractivity contribution in [2.75, 3.05) is 62.6 Å². The van der Waals surface area contributed by atoms with Gasteiger partial charge in [0.1, 0.15) is 5.82 Å². The molecule has 2 N–H and O–H groups in total. The molecule has 10 heteroatoms. The molecule has 2 heterocycles. The number of nitrogens with one attached hydrogen (secondary N) is 2. The van der Waals surface area contributed by atoms with Gasteiger partial charge in [0.2, 0.25) is 0 Å². The fraction of sp³-hybridized carbons (Fsp3) is 0.290. The van der Waals surface area contributed by atoms with E-state index in [1.54, 1.807) is 46.2 Å². The summed E-state index contributed by atoms with van der Waals surface area (Å²) in [5.74, 6) is -1.22. The Kier molecular flexibility index (Phi) is 8.56. The van der Waals surface area contributed by atoms with Gasteiger partial charge in [0.25, 0.3) is 17.7 Å². The number of benzene rings is 3. The highest BCUT2D eigenvalue weighted by Crippen LogP contribution is 2.30. The number of rotatable bonds is 5. The van der Waals surface area contributed by atoms with Gasteiger partial charge in [0.05, 0.1) is 23.0 Å². The molecule has 3 aromatic rings. The van der Waals surface area contributed by atoms with Crippen molar-refractivity contribution >= 4 is 29.1 Å². The third-order valence-electron chi connectivity index (χ3n) is 7.37. The fourth-order valence-corrected chi connectivity index (χ4v) is 5.15. The van der Waals surface area contributed by atoms with Gasteiger partial charge in [0, 0.05) is 69.0 Å². The predicted octanol–water partition coefficient (Wildman–Crippen LogP) is 3.35. The predicted molar refractivity (Wildman–Crippen MR) is 153 cm³/mol. The summed E-state index contributed by atoms with van der Waals surface area (Å²) < 4.78 is 13.8. The van der Waals surface area contributed by atoms with Gasteiger partial charge in [-0.1, -0.05) is 6.07 Å². The molecule has 2 saturated heterocycles. The summed E-state index contributed by atoms with van der Waals surface area (Å²) in [4.78, 5) is 45.2. The Morgan fingerprint density at radius 1 is 0.780 bits per heavy atom. The van der Waals surface area contributed by atoms with Crippen LogP contribution >= 0.6 is 0 Å². The molecule has 2 aliphatic rings. The number of nitriles is 1. The molecule has 210 valence electrons. The maximum Gasteiger partial charge on any atom is 0.255 e. The largest absolute Gasteiger partial charge is 0.368 e. The van der Waals surface area contributed by atoms with E-state index in [1.165, 1.54) is 24.3 Å². The molecule has 0 unspecified atom stereocenters. The summed E-state index contributed by atoms with van der Waals surface area (Å²) in [6.07, 6.45) is 0.695. The highest BCUT2D eigenvalue weighted by Gasteiger charge is 2.24. The Balaban J connectivity index is 1.38. The zero-order chi connectivity index (χ0) is 28.8. The molecule has 0 atom stereocenters. The summed E-state index contributed by atoms with van der Waals surface area (Å²) in [5, 5.41) is 15.2. The first-order valence-electron chi connectivity index (χ1n) is 13.7. The van der Waals surface area contributed by atoms with Crippen LogP contribution in [0.2, 0.25) is 0 Å². The monoisotopic (exact) mass is 554 g/mol. The van der Waals surface area contributed by atoms with E-state index in [-0.39, 0.29) is 17.4 Å². The summed E-state index contributed by atoms with van der Waals surface area (Å²) in [5.41, 5.74) is 2.82. The molecule has 0 aromatic heterocycles. The van der Waals surface area contributed by atoms with Crippen LogP contribution in [0.15, 0.2) is 66.7 Å². The smallest absolute Gasteiger partial charge is 0.255 e. The minimum Gasteiger partial charge on any atom is -0.368 e. The summed E-state index contributed by atoms with van der Waals surface area (Å²) >= 11 is 0. The van der Waals surface area contributed by atoms with Crippen molar-refractivity contribution in [2.45, 2.75) is 6.42 Å². The highest BCUT2D eigenvalue weighted by atomic mass is 19.1. The molecule has 0 saturated carbocycles. The minimum atomic E-state index is -0.514. The van der Waals surface area contributed by atoms with Crippen LogP contribution in [0.1, 0.15) is 43.1 Å². The third-order valence-corrected chi connectivity index (χ3v) is 7.37. The molecule has 2 fully saturated rings. The van der Waals surface area contributed by atoms with Crippen LogP contribution in [-0.2, 0) is 0 Å². The molecule has 0 aliphatic carbocycles. The van der Waals surface area contributed by atoms with Crippen molar-refractivity contribution in [3.05, 3.63) is 94.8 Å². The number of hydrogen-bond donors (Lipinski definition) is 2. The molecule has 0 radical (unpaired) electrons. The normalized spacial score (nSPS) is 15.6. The van der Waals surface area contributed by atoms with Crippen molar-refractivity contribution in [3.63, 3.8) is 0 Å². The molecule has 0 bridgehead atoms. The number of halogens is 1. The summed E-state index contributed by atoms with van der Waals surface area (Å²) in [7, 11) is 0. The third kappa shape index (κ3) is 6.53. The number of hydrogen-bond acceptors (Lipinski definition) is 6.